The van der Waals surface area contributed by atoms with Crippen LogP contribution in [-0.2, 0) is 17.9 Å². The molecule has 9 heteroatoms. The molecule has 0 spiro atoms. The maximum Gasteiger partial charge on any atom is 0.328 e. The number of rotatable bonds is 4. The van der Waals surface area contributed by atoms with Crippen LogP contribution < -0.4 is 11.2 Å². The number of fused-ring (bicyclic) bond motifs is 1. The molecule has 24 heavy (non-hydrogen) atoms. The zero-order valence-corrected chi connectivity index (χ0v) is 12.7. The van der Waals surface area contributed by atoms with Crippen LogP contribution in [0.15, 0.2) is 40.1 Å². The van der Waals surface area contributed by atoms with E-state index >= 15 is 0 Å². The lowest BCUT2D eigenvalue weighted by Crippen LogP contribution is -2.36. The van der Waals surface area contributed by atoms with E-state index in [1.54, 1.807) is 13.1 Å². The summed E-state index contributed by atoms with van der Waals surface area (Å²) >= 11 is 0. The van der Waals surface area contributed by atoms with Gasteiger partial charge in [0.15, 0.2) is 0 Å². The number of halogens is 1. The van der Waals surface area contributed by atoms with Crippen molar-refractivity contribution in [2.45, 2.75) is 13.1 Å². The van der Waals surface area contributed by atoms with Gasteiger partial charge >= 0.3 is 5.69 Å². The minimum absolute atomic E-state index is 0.174. The Balaban J connectivity index is 1.73. The van der Waals surface area contributed by atoms with Gasteiger partial charge in [-0.2, -0.15) is 0 Å². The molecular formula is C15H14FN5O3. The number of hydrogen-bond acceptors (Lipinski definition) is 4. The summed E-state index contributed by atoms with van der Waals surface area (Å²) in [4.78, 5) is 45.5. The second kappa shape index (κ2) is 6.11. The number of H-pyrrole nitrogens is 2. The zero-order chi connectivity index (χ0) is 17.3. The zero-order valence-electron chi connectivity index (χ0n) is 12.7. The first kappa shape index (κ1) is 15.7. The molecule has 0 aliphatic carbocycles. The average molecular weight is 331 g/mol. The summed E-state index contributed by atoms with van der Waals surface area (Å²) < 4.78 is 14.3. The van der Waals surface area contributed by atoms with Gasteiger partial charge in [-0.25, -0.2) is 14.2 Å². The molecule has 3 aromatic rings. The Labute approximate surface area is 134 Å². The van der Waals surface area contributed by atoms with Crippen LogP contribution >= 0.6 is 0 Å². The molecule has 0 unspecified atom stereocenters. The summed E-state index contributed by atoms with van der Waals surface area (Å²) in [5.41, 5.74) is -0.0261. The van der Waals surface area contributed by atoms with Gasteiger partial charge in [0.05, 0.1) is 17.6 Å². The number of aromatic nitrogens is 4. The molecule has 0 fully saturated rings. The van der Waals surface area contributed by atoms with Gasteiger partial charge in [0, 0.05) is 19.3 Å². The molecule has 1 aromatic carbocycles. The van der Waals surface area contributed by atoms with Crippen LogP contribution in [0.25, 0.3) is 11.0 Å². The van der Waals surface area contributed by atoms with Gasteiger partial charge in [0.1, 0.15) is 18.2 Å². The van der Waals surface area contributed by atoms with Crippen molar-refractivity contribution in [1.82, 2.24) is 24.4 Å². The van der Waals surface area contributed by atoms with Crippen LogP contribution in [-0.4, -0.2) is 37.4 Å². The SMILES string of the molecule is CN(Cc1nc2ccc(F)cc2[nH]1)C(=O)Cn1ccc(=O)[nH]c1=O. The lowest BCUT2D eigenvalue weighted by atomic mass is 10.3. The normalized spacial score (nSPS) is 10.9. The highest BCUT2D eigenvalue weighted by Gasteiger charge is 2.13. The third-order valence-electron chi connectivity index (χ3n) is 3.51. The van der Waals surface area contributed by atoms with Crippen molar-refractivity contribution in [3.8, 4) is 0 Å². The Morgan fingerprint density at radius 2 is 2.08 bits per heavy atom. The van der Waals surface area contributed by atoms with Crippen LogP contribution in [0.5, 0.6) is 0 Å². The van der Waals surface area contributed by atoms with Crippen LogP contribution in [0, 0.1) is 5.82 Å². The molecule has 2 N–H and O–H groups in total. The van der Waals surface area contributed by atoms with Crippen molar-refractivity contribution in [2.24, 2.45) is 0 Å². The lowest BCUT2D eigenvalue weighted by Gasteiger charge is -2.16. The topological polar surface area (TPSA) is 104 Å². The quantitative estimate of drug-likeness (QED) is 0.713. The standard InChI is InChI=1S/C15H14FN5O3/c1-20(14(23)8-21-5-4-13(22)19-15(21)24)7-12-17-10-3-2-9(16)6-11(10)18-12/h2-6H,7-8H2,1H3,(H,17,18)(H,19,22,24). The summed E-state index contributed by atoms with van der Waals surface area (Å²) in [6.45, 7) is -0.0335. The molecule has 2 heterocycles. The number of imidazole rings is 1. The van der Waals surface area contributed by atoms with Crippen LogP contribution in [0.1, 0.15) is 5.82 Å². The molecule has 0 saturated carbocycles. The fourth-order valence-electron chi connectivity index (χ4n) is 2.26. The van der Waals surface area contributed by atoms with E-state index in [4.69, 9.17) is 0 Å². The predicted molar refractivity (Wildman–Crippen MR) is 83.8 cm³/mol. The number of aromatic amines is 2. The van der Waals surface area contributed by atoms with Crippen molar-refractivity contribution < 1.29 is 9.18 Å². The minimum atomic E-state index is -0.650. The monoisotopic (exact) mass is 331 g/mol. The molecule has 8 nitrogen and oxygen atoms in total. The number of benzene rings is 1. The molecular weight excluding hydrogens is 317 g/mol. The van der Waals surface area contributed by atoms with E-state index in [1.807, 2.05) is 0 Å². The number of carbonyl (C=O) groups is 1. The first-order valence-electron chi connectivity index (χ1n) is 7.10. The summed E-state index contributed by atoms with van der Waals surface area (Å²) in [5, 5.41) is 0. The highest BCUT2D eigenvalue weighted by Crippen LogP contribution is 2.13. The number of hydrogen-bond donors (Lipinski definition) is 2. The second-order valence-electron chi connectivity index (χ2n) is 5.33. The Bertz CT molecular complexity index is 1020. The van der Waals surface area contributed by atoms with Gasteiger partial charge in [0.2, 0.25) is 5.91 Å². The molecule has 3 rings (SSSR count). The largest absolute Gasteiger partial charge is 0.340 e. The predicted octanol–water partition coefficient (Wildman–Crippen LogP) is 0.211. The Morgan fingerprint density at radius 1 is 1.29 bits per heavy atom. The maximum absolute atomic E-state index is 13.2. The molecule has 0 atom stereocenters. The smallest absolute Gasteiger partial charge is 0.328 e. The molecule has 0 bridgehead atoms. The van der Waals surface area contributed by atoms with Gasteiger partial charge in [-0.15, -0.1) is 0 Å². The van der Waals surface area contributed by atoms with Crippen molar-refractivity contribution in [3.63, 3.8) is 0 Å². The summed E-state index contributed by atoms with van der Waals surface area (Å²) in [5.74, 6) is -0.212. The third-order valence-corrected chi connectivity index (χ3v) is 3.51. The molecule has 0 radical (unpaired) electrons. The van der Waals surface area contributed by atoms with Gasteiger partial charge in [0.25, 0.3) is 5.56 Å². The van der Waals surface area contributed by atoms with Crippen LogP contribution in [0.4, 0.5) is 4.39 Å². The lowest BCUT2D eigenvalue weighted by molar-refractivity contribution is -0.131. The fraction of sp³-hybridized carbons (Fsp3) is 0.200. The molecule has 0 aliphatic heterocycles. The summed E-state index contributed by atoms with van der Waals surface area (Å²) in [7, 11) is 1.56. The third kappa shape index (κ3) is 3.24. The van der Waals surface area contributed by atoms with Crippen LogP contribution in [0.2, 0.25) is 0 Å². The number of nitrogens with one attached hydrogen (secondary N) is 2. The van der Waals surface area contributed by atoms with E-state index in [0.29, 0.717) is 16.9 Å². The Kier molecular flexibility index (Phi) is 3.98. The minimum Gasteiger partial charge on any atom is -0.340 e. The highest BCUT2D eigenvalue weighted by molar-refractivity contribution is 5.76. The molecule has 2 aromatic heterocycles. The fourth-order valence-corrected chi connectivity index (χ4v) is 2.26. The van der Waals surface area contributed by atoms with E-state index in [9.17, 15) is 18.8 Å². The first-order chi connectivity index (χ1) is 11.4. The molecule has 1 amide bonds. The van der Waals surface area contributed by atoms with Gasteiger partial charge in [-0.3, -0.25) is 19.1 Å². The number of carbonyl (C=O) groups excluding carboxylic acids is 1. The van der Waals surface area contributed by atoms with Gasteiger partial charge < -0.3 is 9.88 Å². The average Bonchev–Trinajstić information content (AvgIpc) is 2.91. The number of likely N-dealkylation sites (N-methyl/N-ethyl adjacent to an activating group) is 1. The molecule has 124 valence electrons. The van der Waals surface area contributed by atoms with E-state index in [-0.39, 0.29) is 24.8 Å². The van der Waals surface area contributed by atoms with Gasteiger partial charge in [-0.1, -0.05) is 0 Å². The van der Waals surface area contributed by atoms with E-state index in [0.717, 1.165) is 4.57 Å². The highest BCUT2D eigenvalue weighted by atomic mass is 19.1. The van der Waals surface area contributed by atoms with Crippen LogP contribution in [0.3, 0.4) is 0 Å². The van der Waals surface area contributed by atoms with Crippen molar-refractivity contribution >= 4 is 16.9 Å². The van der Waals surface area contributed by atoms with Crippen molar-refractivity contribution in [2.75, 3.05) is 7.05 Å². The molecule has 0 aliphatic rings. The van der Waals surface area contributed by atoms with E-state index < -0.39 is 11.2 Å². The second-order valence-corrected chi connectivity index (χ2v) is 5.33. The maximum atomic E-state index is 13.2. The van der Waals surface area contributed by atoms with E-state index in [2.05, 4.69) is 15.0 Å². The Hall–Kier alpha value is -3.23. The van der Waals surface area contributed by atoms with E-state index in [1.165, 1.54) is 29.3 Å². The molecule has 0 saturated heterocycles. The number of amides is 1. The first-order valence-corrected chi connectivity index (χ1v) is 7.10. The van der Waals surface area contributed by atoms with Gasteiger partial charge in [-0.05, 0) is 18.2 Å². The van der Waals surface area contributed by atoms with Crippen molar-refractivity contribution in [3.05, 3.63) is 62.9 Å². The summed E-state index contributed by atoms with van der Waals surface area (Å²) in [6.07, 6.45) is 1.26. The number of nitrogens with zero attached hydrogens (tertiary/aromatic N) is 3. The van der Waals surface area contributed by atoms with Crippen molar-refractivity contribution in [1.29, 1.82) is 0 Å². The Morgan fingerprint density at radius 3 is 2.83 bits per heavy atom. The summed E-state index contributed by atoms with van der Waals surface area (Å²) in [6, 6.07) is 5.35.